The largest absolute Gasteiger partial charge is 0.330 e. The van der Waals surface area contributed by atoms with Gasteiger partial charge in [0.25, 0.3) is 5.56 Å². The van der Waals surface area contributed by atoms with Crippen molar-refractivity contribution in [3.63, 3.8) is 0 Å². The zero-order valence-corrected chi connectivity index (χ0v) is 14.7. The van der Waals surface area contributed by atoms with Crippen molar-refractivity contribution in [1.82, 2.24) is 9.55 Å². The monoisotopic (exact) mass is 349 g/mol. The van der Waals surface area contributed by atoms with Crippen LogP contribution < -0.4 is 5.56 Å². The second kappa shape index (κ2) is 5.58. The maximum absolute atomic E-state index is 12.7. The number of nitrogens with zero attached hydrogens (tertiary/aromatic N) is 2. The number of nitriles is 1. The van der Waals surface area contributed by atoms with Crippen LogP contribution in [0.3, 0.4) is 0 Å². The standard InChI is InChI=1S/C23H15N3O/c1-26-19-12-5-4-10-17(19)21-20(18(13-24)23(27)25-22(21)26)16-11-6-8-14-7-2-3-9-15(14)16/h2-12H,1H3,(H,25,27). The van der Waals surface area contributed by atoms with E-state index >= 15 is 0 Å². The molecule has 5 aromatic rings. The Bertz CT molecular complexity index is 1460. The highest BCUT2D eigenvalue weighted by atomic mass is 16.1. The van der Waals surface area contributed by atoms with Crippen molar-refractivity contribution in [1.29, 1.82) is 5.26 Å². The predicted molar refractivity (Wildman–Crippen MR) is 109 cm³/mol. The Morgan fingerprint density at radius 3 is 2.44 bits per heavy atom. The van der Waals surface area contributed by atoms with Crippen molar-refractivity contribution < 1.29 is 0 Å². The van der Waals surface area contributed by atoms with Crippen LogP contribution in [0.5, 0.6) is 0 Å². The number of hydrogen-bond donors (Lipinski definition) is 1. The smallest absolute Gasteiger partial charge is 0.268 e. The molecule has 0 fully saturated rings. The van der Waals surface area contributed by atoms with E-state index in [9.17, 15) is 10.1 Å². The normalized spacial score (nSPS) is 11.3. The molecule has 0 aliphatic rings. The second-order valence-corrected chi connectivity index (χ2v) is 6.64. The minimum atomic E-state index is -0.362. The van der Waals surface area contributed by atoms with Gasteiger partial charge in [-0.3, -0.25) is 4.79 Å². The van der Waals surface area contributed by atoms with Gasteiger partial charge in [-0.05, 0) is 22.4 Å². The zero-order valence-electron chi connectivity index (χ0n) is 14.7. The number of rotatable bonds is 1. The second-order valence-electron chi connectivity index (χ2n) is 6.64. The van der Waals surface area contributed by atoms with E-state index in [1.54, 1.807) is 0 Å². The first-order chi connectivity index (χ1) is 13.2. The van der Waals surface area contributed by atoms with Crippen molar-refractivity contribution in [2.75, 3.05) is 0 Å². The fraction of sp³-hybridized carbons (Fsp3) is 0.0435. The van der Waals surface area contributed by atoms with Gasteiger partial charge in [-0.1, -0.05) is 60.7 Å². The van der Waals surface area contributed by atoms with E-state index in [0.717, 1.165) is 38.3 Å². The molecule has 1 N–H and O–H groups in total. The zero-order chi connectivity index (χ0) is 18.5. The van der Waals surface area contributed by atoms with E-state index in [4.69, 9.17) is 0 Å². The SMILES string of the molecule is Cn1c2ccccc2c2c(-c3cccc4ccccc34)c(C#N)c(=O)[nH]c21. The number of aromatic amines is 1. The third-order valence-corrected chi connectivity index (χ3v) is 5.24. The summed E-state index contributed by atoms with van der Waals surface area (Å²) in [7, 11) is 1.93. The van der Waals surface area contributed by atoms with E-state index in [1.807, 2.05) is 78.3 Å². The molecule has 0 amide bonds. The first-order valence-electron chi connectivity index (χ1n) is 8.72. The molecule has 2 heterocycles. The number of para-hydroxylation sites is 1. The summed E-state index contributed by atoms with van der Waals surface area (Å²) in [5.74, 6) is 0. The Hall–Kier alpha value is -3.84. The van der Waals surface area contributed by atoms with E-state index in [-0.39, 0.29) is 11.1 Å². The molecule has 4 heteroatoms. The number of hydrogen-bond acceptors (Lipinski definition) is 2. The lowest BCUT2D eigenvalue weighted by molar-refractivity contribution is 0.983. The maximum Gasteiger partial charge on any atom is 0.268 e. The molecule has 27 heavy (non-hydrogen) atoms. The van der Waals surface area contributed by atoms with Crippen molar-refractivity contribution >= 4 is 32.7 Å². The molecule has 0 aliphatic heterocycles. The van der Waals surface area contributed by atoms with E-state index in [1.165, 1.54) is 0 Å². The molecule has 0 atom stereocenters. The van der Waals surface area contributed by atoms with Gasteiger partial charge >= 0.3 is 0 Å². The van der Waals surface area contributed by atoms with Crippen LogP contribution in [0.1, 0.15) is 5.56 Å². The Morgan fingerprint density at radius 2 is 1.63 bits per heavy atom. The highest BCUT2D eigenvalue weighted by Gasteiger charge is 2.21. The number of fused-ring (bicyclic) bond motifs is 4. The lowest BCUT2D eigenvalue weighted by Gasteiger charge is -2.10. The topological polar surface area (TPSA) is 61.6 Å². The highest BCUT2D eigenvalue weighted by molar-refractivity contribution is 6.17. The molecule has 4 nitrogen and oxygen atoms in total. The summed E-state index contributed by atoms with van der Waals surface area (Å²) in [6.45, 7) is 0. The first kappa shape index (κ1) is 15.4. The first-order valence-corrected chi connectivity index (χ1v) is 8.72. The van der Waals surface area contributed by atoms with Gasteiger partial charge in [0, 0.05) is 23.4 Å². The van der Waals surface area contributed by atoms with Crippen molar-refractivity contribution in [3.05, 3.63) is 82.6 Å². The average Bonchev–Trinajstić information content (AvgIpc) is 2.99. The van der Waals surface area contributed by atoms with Crippen molar-refractivity contribution in [2.24, 2.45) is 7.05 Å². The highest BCUT2D eigenvalue weighted by Crippen LogP contribution is 2.38. The Morgan fingerprint density at radius 1 is 0.926 bits per heavy atom. The van der Waals surface area contributed by atoms with Crippen LogP contribution in [0.25, 0.3) is 43.8 Å². The van der Waals surface area contributed by atoms with Gasteiger partial charge in [0.1, 0.15) is 17.3 Å². The Labute approximate surface area is 154 Å². The summed E-state index contributed by atoms with van der Waals surface area (Å²) in [5, 5.41) is 13.8. The van der Waals surface area contributed by atoms with Gasteiger partial charge in [0.15, 0.2) is 0 Å². The van der Waals surface area contributed by atoms with Gasteiger partial charge in [0.05, 0.1) is 5.52 Å². The fourth-order valence-corrected chi connectivity index (χ4v) is 4.02. The van der Waals surface area contributed by atoms with Crippen molar-refractivity contribution in [2.45, 2.75) is 0 Å². The van der Waals surface area contributed by atoms with Crippen LogP contribution >= 0.6 is 0 Å². The molecule has 0 saturated carbocycles. The van der Waals surface area contributed by atoms with Gasteiger partial charge in [-0.2, -0.15) is 5.26 Å². The van der Waals surface area contributed by atoms with Crippen LogP contribution in [0.4, 0.5) is 0 Å². The van der Waals surface area contributed by atoms with Gasteiger partial charge in [-0.15, -0.1) is 0 Å². The number of aromatic nitrogens is 2. The van der Waals surface area contributed by atoms with Crippen molar-refractivity contribution in [3.8, 4) is 17.2 Å². The molecule has 2 aromatic heterocycles. The van der Waals surface area contributed by atoms with Crippen LogP contribution in [0.15, 0.2) is 71.5 Å². The lowest BCUT2D eigenvalue weighted by Crippen LogP contribution is -2.13. The summed E-state index contributed by atoms with van der Waals surface area (Å²) in [4.78, 5) is 15.6. The summed E-state index contributed by atoms with van der Waals surface area (Å²) in [6.07, 6.45) is 0. The minimum Gasteiger partial charge on any atom is -0.330 e. The van der Waals surface area contributed by atoms with Crippen LogP contribution in [-0.4, -0.2) is 9.55 Å². The van der Waals surface area contributed by atoms with Crippen LogP contribution in [0.2, 0.25) is 0 Å². The van der Waals surface area contributed by atoms with Gasteiger partial charge < -0.3 is 9.55 Å². The lowest BCUT2D eigenvalue weighted by atomic mass is 9.93. The van der Waals surface area contributed by atoms with Gasteiger partial charge in [0.2, 0.25) is 0 Å². The molecule has 128 valence electrons. The molecule has 0 radical (unpaired) electrons. The van der Waals surface area contributed by atoms with Crippen LogP contribution in [0, 0.1) is 11.3 Å². The number of H-pyrrole nitrogens is 1. The number of aryl methyl sites for hydroxylation is 1. The Balaban J connectivity index is 2.10. The predicted octanol–water partition coefficient (Wildman–Crippen LogP) is 4.71. The molecule has 0 unspecified atom stereocenters. The molecule has 0 spiro atoms. The average molecular weight is 349 g/mol. The maximum atomic E-state index is 12.7. The van der Waals surface area contributed by atoms with E-state index in [2.05, 4.69) is 11.1 Å². The Kier molecular flexibility index (Phi) is 3.19. The molecule has 0 saturated heterocycles. The van der Waals surface area contributed by atoms with Gasteiger partial charge in [-0.25, -0.2) is 0 Å². The number of pyridine rings is 1. The summed E-state index contributed by atoms with van der Waals surface area (Å²) in [6, 6.07) is 24.2. The summed E-state index contributed by atoms with van der Waals surface area (Å²) >= 11 is 0. The molecule has 3 aromatic carbocycles. The number of nitrogens with one attached hydrogen (secondary N) is 1. The molecule has 5 rings (SSSR count). The van der Waals surface area contributed by atoms with E-state index in [0.29, 0.717) is 5.56 Å². The molecule has 0 aliphatic carbocycles. The fourth-order valence-electron chi connectivity index (χ4n) is 4.02. The third-order valence-electron chi connectivity index (χ3n) is 5.24. The van der Waals surface area contributed by atoms with Crippen LogP contribution in [-0.2, 0) is 7.05 Å². The molecule has 0 bridgehead atoms. The third kappa shape index (κ3) is 2.06. The number of benzene rings is 3. The summed E-state index contributed by atoms with van der Waals surface area (Å²) in [5.41, 5.74) is 3.12. The minimum absolute atomic E-state index is 0.148. The summed E-state index contributed by atoms with van der Waals surface area (Å²) < 4.78 is 1.97. The quantitative estimate of drug-likeness (QED) is 0.476. The van der Waals surface area contributed by atoms with E-state index < -0.39 is 0 Å². The molecular weight excluding hydrogens is 334 g/mol. The molecular formula is C23H15N3O.